The van der Waals surface area contributed by atoms with Crippen molar-refractivity contribution in [2.24, 2.45) is 0 Å². The highest BCUT2D eigenvalue weighted by molar-refractivity contribution is 9.09. The Morgan fingerprint density at radius 3 is 2.43 bits per heavy atom. The van der Waals surface area contributed by atoms with Gasteiger partial charge in [-0.05, 0) is 5.56 Å². The van der Waals surface area contributed by atoms with Crippen LogP contribution in [-0.2, 0) is 15.2 Å². The van der Waals surface area contributed by atoms with E-state index in [0.29, 0.717) is 5.33 Å². The van der Waals surface area contributed by atoms with Crippen LogP contribution >= 0.6 is 15.9 Å². The summed E-state index contributed by atoms with van der Waals surface area (Å²) in [4.78, 5) is 4.19. The smallest absolute Gasteiger partial charge is 0.129 e. The predicted octanol–water partition coefficient (Wildman–Crippen LogP) is 2.41. The molecule has 0 aliphatic heterocycles. The SMILES string of the molecule is COC(CBr)(COO)c1ccccc1. The number of ether oxygens (including phenoxy) is 1. The fourth-order valence-corrected chi connectivity index (χ4v) is 1.99. The largest absolute Gasteiger partial charge is 0.370 e. The van der Waals surface area contributed by atoms with E-state index in [1.54, 1.807) is 7.11 Å². The van der Waals surface area contributed by atoms with Crippen molar-refractivity contribution in [3.63, 3.8) is 0 Å². The Bertz CT molecular complexity index is 259. The van der Waals surface area contributed by atoms with E-state index in [-0.39, 0.29) is 6.61 Å². The molecule has 0 saturated carbocycles. The van der Waals surface area contributed by atoms with Crippen molar-refractivity contribution in [2.75, 3.05) is 19.0 Å². The van der Waals surface area contributed by atoms with Crippen molar-refractivity contribution in [3.05, 3.63) is 35.9 Å². The summed E-state index contributed by atoms with van der Waals surface area (Å²) in [5.41, 5.74) is 0.337. The number of halogens is 1. The van der Waals surface area contributed by atoms with Crippen LogP contribution in [0.3, 0.4) is 0 Å². The molecular formula is C10H13BrO3. The third kappa shape index (κ3) is 2.33. The zero-order valence-electron chi connectivity index (χ0n) is 7.94. The Labute approximate surface area is 91.7 Å². The van der Waals surface area contributed by atoms with Crippen molar-refractivity contribution in [2.45, 2.75) is 5.60 Å². The first-order valence-corrected chi connectivity index (χ1v) is 5.34. The lowest BCUT2D eigenvalue weighted by Crippen LogP contribution is -2.35. The van der Waals surface area contributed by atoms with Gasteiger partial charge in [0.1, 0.15) is 12.2 Å². The van der Waals surface area contributed by atoms with E-state index in [0.717, 1.165) is 5.56 Å². The molecule has 1 aromatic rings. The van der Waals surface area contributed by atoms with Gasteiger partial charge in [0.15, 0.2) is 0 Å². The minimum atomic E-state index is -0.629. The molecule has 0 aliphatic rings. The second kappa shape index (κ2) is 5.46. The fourth-order valence-electron chi connectivity index (χ4n) is 1.28. The summed E-state index contributed by atoms with van der Waals surface area (Å²) in [6, 6.07) is 9.64. The molecule has 1 aromatic carbocycles. The summed E-state index contributed by atoms with van der Waals surface area (Å²) in [6.45, 7) is 0.0960. The normalized spacial score (nSPS) is 15.1. The number of methoxy groups -OCH3 is 1. The van der Waals surface area contributed by atoms with Crippen LogP contribution in [0.25, 0.3) is 0 Å². The lowest BCUT2D eigenvalue weighted by molar-refractivity contribution is -0.274. The first-order chi connectivity index (χ1) is 6.79. The molecule has 0 radical (unpaired) electrons. The molecule has 0 fully saturated rings. The lowest BCUT2D eigenvalue weighted by atomic mass is 9.97. The van der Waals surface area contributed by atoms with Crippen molar-refractivity contribution >= 4 is 15.9 Å². The minimum absolute atomic E-state index is 0.0960. The first kappa shape index (κ1) is 11.7. The Kier molecular flexibility index (Phi) is 4.54. The van der Waals surface area contributed by atoms with Crippen LogP contribution in [0.15, 0.2) is 30.3 Å². The monoisotopic (exact) mass is 260 g/mol. The van der Waals surface area contributed by atoms with E-state index in [2.05, 4.69) is 20.8 Å². The van der Waals surface area contributed by atoms with Crippen molar-refractivity contribution < 1.29 is 14.9 Å². The molecule has 0 heterocycles. The van der Waals surface area contributed by atoms with Crippen LogP contribution in [0.5, 0.6) is 0 Å². The summed E-state index contributed by atoms with van der Waals surface area (Å²) in [5.74, 6) is 0. The third-order valence-electron chi connectivity index (χ3n) is 2.20. The Morgan fingerprint density at radius 2 is 2.00 bits per heavy atom. The zero-order chi connectivity index (χ0) is 10.4. The van der Waals surface area contributed by atoms with Crippen LogP contribution in [0.2, 0.25) is 0 Å². The average Bonchev–Trinajstić information content (AvgIpc) is 2.27. The molecule has 78 valence electrons. The van der Waals surface area contributed by atoms with E-state index in [9.17, 15) is 0 Å². The Hall–Kier alpha value is -0.420. The average molecular weight is 261 g/mol. The van der Waals surface area contributed by atoms with Crippen LogP contribution in [-0.4, -0.2) is 24.3 Å². The molecule has 0 aromatic heterocycles. The minimum Gasteiger partial charge on any atom is -0.370 e. The molecule has 0 aliphatic carbocycles. The maximum Gasteiger partial charge on any atom is 0.129 e. The standard InChI is InChI=1S/C10H13BrO3/c1-13-10(7-11,8-14-12)9-5-3-2-4-6-9/h2-6,12H,7-8H2,1H3. The molecule has 0 bridgehead atoms. The fraction of sp³-hybridized carbons (Fsp3) is 0.400. The maximum absolute atomic E-state index is 8.52. The highest BCUT2D eigenvalue weighted by Gasteiger charge is 2.31. The van der Waals surface area contributed by atoms with Crippen molar-refractivity contribution in [3.8, 4) is 0 Å². The highest BCUT2D eigenvalue weighted by atomic mass is 79.9. The summed E-state index contributed by atoms with van der Waals surface area (Å²) in [5, 5.41) is 9.08. The van der Waals surface area contributed by atoms with E-state index >= 15 is 0 Å². The Balaban J connectivity index is 2.98. The summed E-state index contributed by atoms with van der Waals surface area (Å²) in [7, 11) is 1.59. The van der Waals surface area contributed by atoms with Gasteiger partial charge in [-0.2, -0.15) is 0 Å². The number of hydrogen-bond acceptors (Lipinski definition) is 3. The summed E-state index contributed by atoms with van der Waals surface area (Å²) < 4.78 is 5.38. The van der Waals surface area contributed by atoms with Gasteiger partial charge >= 0.3 is 0 Å². The molecule has 1 rings (SSSR count). The second-order valence-electron chi connectivity index (χ2n) is 2.97. The quantitative estimate of drug-likeness (QED) is 0.502. The van der Waals surface area contributed by atoms with Gasteiger partial charge in [-0.25, -0.2) is 4.89 Å². The predicted molar refractivity (Wildman–Crippen MR) is 57.5 cm³/mol. The van der Waals surface area contributed by atoms with Gasteiger partial charge in [0.25, 0.3) is 0 Å². The molecule has 0 amide bonds. The molecular weight excluding hydrogens is 248 g/mol. The molecule has 4 heteroatoms. The number of hydrogen-bond donors (Lipinski definition) is 1. The van der Waals surface area contributed by atoms with Gasteiger partial charge < -0.3 is 4.74 Å². The number of benzene rings is 1. The molecule has 1 atom stereocenters. The molecule has 0 spiro atoms. The molecule has 14 heavy (non-hydrogen) atoms. The van der Waals surface area contributed by atoms with E-state index in [1.807, 2.05) is 30.3 Å². The molecule has 1 unspecified atom stereocenters. The van der Waals surface area contributed by atoms with E-state index < -0.39 is 5.60 Å². The van der Waals surface area contributed by atoms with Gasteiger partial charge in [-0.15, -0.1) is 0 Å². The van der Waals surface area contributed by atoms with Gasteiger partial charge in [0, 0.05) is 12.4 Å². The van der Waals surface area contributed by atoms with Crippen LogP contribution < -0.4 is 0 Å². The molecule has 1 N–H and O–H groups in total. The third-order valence-corrected chi connectivity index (χ3v) is 3.11. The van der Waals surface area contributed by atoms with Crippen molar-refractivity contribution in [1.29, 1.82) is 0 Å². The van der Waals surface area contributed by atoms with Crippen LogP contribution in [0, 0.1) is 0 Å². The highest BCUT2D eigenvalue weighted by Crippen LogP contribution is 2.27. The second-order valence-corrected chi connectivity index (χ2v) is 3.53. The molecule has 0 saturated heterocycles. The summed E-state index contributed by atoms with van der Waals surface area (Å²) in [6.07, 6.45) is 0. The van der Waals surface area contributed by atoms with Crippen molar-refractivity contribution in [1.82, 2.24) is 0 Å². The molecule has 3 nitrogen and oxygen atoms in total. The van der Waals surface area contributed by atoms with Crippen LogP contribution in [0.4, 0.5) is 0 Å². The van der Waals surface area contributed by atoms with Gasteiger partial charge in [-0.1, -0.05) is 46.3 Å². The topological polar surface area (TPSA) is 38.7 Å². The Morgan fingerprint density at radius 1 is 1.36 bits per heavy atom. The van der Waals surface area contributed by atoms with E-state index in [1.165, 1.54) is 0 Å². The van der Waals surface area contributed by atoms with Gasteiger partial charge in [0.05, 0.1) is 0 Å². The zero-order valence-corrected chi connectivity index (χ0v) is 9.53. The summed E-state index contributed by atoms with van der Waals surface area (Å²) >= 11 is 3.35. The van der Waals surface area contributed by atoms with Crippen LogP contribution in [0.1, 0.15) is 5.56 Å². The van der Waals surface area contributed by atoms with Gasteiger partial charge in [0.2, 0.25) is 0 Å². The lowest BCUT2D eigenvalue weighted by Gasteiger charge is -2.29. The van der Waals surface area contributed by atoms with Gasteiger partial charge in [-0.3, -0.25) is 5.26 Å². The number of rotatable bonds is 5. The maximum atomic E-state index is 8.52. The van der Waals surface area contributed by atoms with E-state index in [4.69, 9.17) is 9.99 Å². The number of alkyl halides is 1. The first-order valence-electron chi connectivity index (χ1n) is 4.22.